The summed E-state index contributed by atoms with van der Waals surface area (Å²) in [7, 11) is 0. The zero-order valence-electron chi connectivity index (χ0n) is 13.3. The molecule has 3 aromatic rings. The second-order valence-electron chi connectivity index (χ2n) is 6.35. The summed E-state index contributed by atoms with van der Waals surface area (Å²) in [6.45, 7) is 2.07. The molecule has 1 fully saturated rings. The minimum atomic E-state index is 0.509. The SMILES string of the molecule is Cc1ccnc(-c2n[nH]c3ccnc(NC4CCCCC4)c23)c1. The van der Waals surface area contributed by atoms with Crippen LogP contribution in [0.1, 0.15) is 37.7 Å². The second kappa shape index (κ2) is 5.99. The molecule has 5 heteroatoms. The van der Waals surface area contributed by atoms with Gasteiger partial charge in [0.1, 0.15) is 11.5 Å². The van der Waals surface area contributed by atoms with Crippen molar-refractivity contribution in [2.45, 2.75) is 45.1 Å². The lowest BCUT2D eigenvalue weighted by atomic mass is 9.95. The maximum Gasteiger partial charge on any atom is 0.137 e. The van der Waals surface area contributed by atoms with Gasteiger partial charge in [0.2, 0.25) is 0 Å². The van der Waals surface area contributed by atoms with Crippen molar-refractivity contribution >= 4 is 16.7 Å². The van der Waals surface area contributed by atoms with Gasteiger partial charge in [0.05, 0.1) is 16.6 Å². The fraction of sp³-hybridized carbons (Fsp3) is 0.389. The van der Waals surface area contributed by atoms with E-state index in [4.69, 9.17) is 0 Å². The lowest BCUT2D eigenvalue weighted by Crippen LogP contribution is -2.22. The number of anilines is 1. The highest BCUT2D eigenvalue weighted by atomic mass is 15.1. The number of aromatic nitrogens is 4. The zero-order valence-corrected chi connectivity index (χ0v) is 13.3. The van der Waals surface area contributed by atoms with E-state index in [9.17, 15) is 0 Å². The van der Waals surface area contributed by atoms with Gasteiger partial charge in [-0.15, -0.1) is 0 Å². The van der Waals surface area contributed by atoms with Crippen LogP contribution in [0.25, 0.3) is 22.3 Å². The molecule has 0 unspecified atom stereocenters. The Morgan fingerprint density at radius 3 is 2.74 bits per heavy atom. The third-order valence-corrected chi connectivity index (χ3v) is 4.58. The van der Waals surface area contributed by atoms with Crippen LogP contribution in [0.3, 0.4) is 0 Å². The van der Waals surface area contributed by atoms with Crippen LogP contribution in [-0.2, 0) is 0 Å². The molecule has 0 saturated heterocycles. The van der Waals surface area contributed by atoms with Crippen molar-refractivity contribution in [2.75, 3.05) is 5.32 Å². The Labute approximate surface area is 135 Å². The van der Waals surface area contributed by atoms with Gasteiger partial charge >= 0.3 is 0 Å². The number of rotatable bonds is 3. The summed E-state index contributed by atoms with van der Waals surface area (Å²) in [6, 6.07) is 6.54. The van der Waals surface area contributed by atoms with Crippen LogP contribution in [0.4, 0.5) is 5.82 Å². The molecule has 1 saturated carbocycles. The first-order valence-corrected chi connectivity index (χ1v) is 8.34. The third kappa shape index (κ3) is 2.79. The van der Waals surface area contributed by atoms with E-state index in [0.717, 1.165) is 28.1 Å². The lowest BCUT2D eigenvalue weighted by Gasteiger charge is -2.23. The summed E-state index contributed by atoms with van der Waals surface area (Å²) in [5, 5.41) is 12.3. The molecule has 3 aromatic heterocycles. The number of hydrogen-bond donors (Lipinski definition) is 2. The molecule has 3 heterocycles. The Hall–Kier alpha value is -2.43. The van der Waals surface area contributed by atoms with Gasteiger partial charge < -0.3 is 5.32 Å². The molecular weight excluding hydrogens is 286 g/mol. The standard InChI is InChI=1S/C18H21N5/c1-12-7-9-19-15(11-12)17-16-14(22-23-17)8-10-20-18(16)21-13-5-3-2-4-6-13/h7-11,13H,2-6H2,1H3,(H,20,21)(H,22,23). The molecule has 1 aliphatic rings. The van der Waals surface area contributed by atoms with Crippen LogP contribution >= 0.6 is 0 Å². The number of aryl methyl sites for hydroxylation is 1. The molecule has 2 N–H and O–H groups in total. The smallest absolute Gasteiger partial charge is 0.137 e. The fourth-order valence-corrected chi connectivity index (χ4v) is 3.37. The molecule has 0 radical (unpaired) electrons. The van der Waals surface area contributed by atoms with Gasteiger partial charge in [0.25, 0.3) is 0 Å². The van der Waals surface area contributed by atoms with Gasteiger partial charge in [-0.25, -0.2) is 4.98 Å². The highest BCUT2D eigenvalue weighted by Gasteiger charge is 2.18. The van der Waals surface area contributed by atoms with Crippen molar-refractivity contribution in [1.82, 2.24) is 20.2 Å². The molecule has 0 aliphatic heterocycles. The normalized spacial score (nSPS) is 15.9. The molecule has 0 spiro atoms. The van der Waals surface area contributed by atoms with Gasteiger partial charge in [-0.3, -0.25) is 10.1 Å². The zero-order chi connectivity index (χ0) is 15.6. The number of aromatic amines is 1. The van der Waals surface area contributed by atoms with E-state index >= 15 is 0 Å². The largest absolute Gasteiger partial charge is 0.367 e. The highest BCUT2D eigenvalue weighted by molar-refractivity contribution is 5.99. The number of nitrogens with one attached hydrogen (secondary N) is 2. The Kier molecular flexibility index (Phi) is 3.69. The summed E-state index contributed by atoms with van der Waals surface area (Å²) in [6.07, 6.45) is 10.0. The van der Waals surface area contributed by atoms with Gasteiger partial charge in [-0.05, 0) is 43.5 Å². The summed E-state index contributed by atoms with van der Waals surface area (Å²) in [5.41, 5.74) is 3.93. The van der Waals surface area contributed by atoms with E-state index in [1.54, 1.807) is 0 Å². The average Bonchev–Trinajstić information content (AvgIpc) is 3.01. The predicted octanol–water partition coefficient (Wildman–Crippen LogP) is 4.07. The second-order valence-corrected chi connectivity index (χ2v) is 6.35. The Bertz CT molecular complexity index is 817. The van der Waals surface area contributed by atoms with Crippen molar-refractivity contribution in [3.8, 4) is 11.4 Å². The fourth-order valence-electron chi connectivity index (χ4n) is 3.37. The Balaban J connectivity index is 1.77. The summed E-state index contributed by atoms with van der Waals surface area (Å²) in [5.74, 6) is 0.918. The Morgan fingerprint density at radius 1 is 1.09 bits per heavy atom. The summed E-state index contributed by atoms with van der Waals surface area (Å²) in [4.78, 5) is 9.06. The molecule has 0 atom stereocenters. The lowest BCUT2D eigenvalue weighted by molar-refractivity contribution is 0.462. The minimum Gasteiger partial charge on any atom is -0.367 e. The van der Waals surface area contributed by atoms with E-state index < -0.39 is 0 Å². The molecule has 5 nitrogen and oxygen atoms in total. The molecule has 0 amide bonds. The molecule has 118 valence electrons. The van der Waals surface area contributed by atoms with Crippen LogP contribution in [0.2, 0.25) is 0 Å². The summed E-state index contributed by atoms with van der Waals surface area (Å²) < 4.78 is 0. The van der Waals surface area contributed by atoms with Crippen LogP contribution in [0.15, 0.2) is 30.6 Å². The first-order chi connectivity index (χ1) is 11.3. The van der Waals surface area contributed by atoms with Crippen LogP contribution in [0, 0.1) is 6.92 Å². The maximum atomic E-state index is 4.58. The van der Waals surface area contributed by atoms with E-state index in [1.807, 2.05) is 24.5 Å². The van der Waals surface area contributed by atoms with Crippen LogP contribution < -0.4 is 5.32 Å². The third-order valence-electron chi connectivity index (χ3n) is 4.58. The first kappa shape index (κ1) is 14.2. The molecule has 0 bridgehead atoms. The van der Waals surface area contributed by atoms with Gasteiger partial charge in [0.15, 0.2) is 0 Å². The van der Waals surface area contributed by atoms with E-state index in [2.05, 4.69) is 38.5 Å². The number of hydrogen-bond acceptors (Lipinski definition) is 4. The maximum absolute atomic E-state index is 4.58. The topological polar surface area (TPSA) is 66.5 Å². The Morgan fingerprint density at radius 2 is 1.91 bits per heavy atom. The van der Waals surface area contributed by atoms with E-state index in [1.165, 1.54) is 37.7 Å². The van der Waals surface area contributed by atoms with Crippen molar-refractivity contribution in [2.24, 2.45) is 0 Å². The van der Waals surface area contributed by atoms with Crippen molar-refractivity contribution < 1.29 is 0 Å². The number of pyridine rings is 2. The van der Waals surface area contributed by atoms with E-state index in [0.29, 0.717) is 6.04 Å². The highest BCUT2D eigenvalue weighted by Crippen LogP contribution is 2.31. The van der Waals surface area contributed by atoms with Crippen LogP contribution in [0.5, 0.6) is 0 Å². The molecule has 1 aliphatic carbocycles. The molecule has 4 rings (SSSR count). The number of fused-ring (bicyclic) bond motifs is 1. The monoisotopic (exact) mass is 307 g/mol. The van der Waals surface area contributed by atoms with E-state index in [-0.39, 0.29) is 0 Å². The average molecular weight is 307 g/mol. The van der Waals surface area contributed by atoms with Crippen molar-refractivity contribution in [3.05, 3.63) is 36.2 Å². The molecular formula is C18H21N5. The predicted molar refractivity (Wildman–Crippen MR) is 92.4 cm³/mol. The molecule has 0 aromatic carbocycles. The first-order valence-electron chi connectivity index (χ1n) is 8.34. The van der Waals surface area contributed by atoms with Gasteiger partial charge in [0, 0.05) is 18.4 Å². The van der Waals surface area contributed by atoms with Crippen molar-refractivity contribution in [1.29, 1.82) is 0 Å². The van der Waals surface area contributed by atoms with Gasteiger partial charge in [-0.1, -0.05) is 19.3 Å². The number of nitrogens with zero attached hydrogens (tertiary/aromatic N) is 3. The minimum absolute atomic E-state index is 0.509. The quantitative estimate of drug-likeness (QED) is 0.765. The van der Waals surface area contributed by atoms with Crippen molar-refractivity contribution in [3.63, 3.8) is 0 Å². The molecule has 23 heavy (non-hydrogen) atoms. The van der Waals surface area contributed by atoms with Gasteiger partial charge in [-0.2, -0.15) is 5.10 Å². The summed E-state index contributed by atoms with van der Waals surface area (Å²) >= 11 is 0. The number of H-pyrrole nitrogens is 1. The van der Waals surface area contributed by atoms with Crippen LogP contribution in [-0.4, -0.2) is 26.2 Å².